The lowest BCUT2D eigenvalue weighted by molar-refractivity contribution is -0.138. The molecule has 1 atom stereocenters. The summed E-state index contributed by atoms with van der Waals surface area (Å²) in [5.74, 6) is 0.479. The minimum atomic E-state index is -4.65. The lowest BCUT2D eigenvalue weighted by Gasteiger charge is -2.33. The van der Waals surface area contributed by atoms with Crippen LogP contribution in [0.2, 0.25) is 0 Å². The molecule has 1 fully saturated rings. The molecule has 2 aromatic carbocycles. The highest BCUT2D eigenvalue weighted by Gasteiger charge is 2.41. The Morgan fingerprint density at radius 3 is 2.66 bits per heavy atom. The summed E-state index contributed by atoms with van der Waals surface area (Å²) in [5, 5.41) is 12.8. The highest BCUT2D eigenvalue weighted by Crippen LogP contribution is 2.44. The summed E-state index contributed by atoms with van der Waals surface area (Å²) in [6, 6.07) is 10.2. The molecule has 0 unspecified atom stereocenters. The van der Waals surface area contributed by atoms with Crippen molar-refractivity contribution in [3.05, 3.63) is 106 Å². The van der Waals surface area contributed by atoms with E-state index in [1.54, 1.807) is 34.2 Å². The predicted octanol–water partition coefficient (Wildman–Crippen LogP) is 5.20. The molecule has 4 aromatic rings. The average Bonchev–Trinajstić information content (AvgIpc) is 3.75. The number of fused-ring (bicyclic) bond motifs is 2. The third-order valence-corrected chi connectivity index (χ3v) is 9.15. The predicted molar refractivity (Wildman–Crippen MR) is 154 cm³/mol. The number of nitrogens with zero attached hydrogens (tertiary/aromatic N) is 7. The number of hydrogen-bond acceptors (Lipinski definition) is 5. The third-order valence-electron chi connectivity index (χ3n) is 9.15. The number of aromatic nitrogens is 5. The largest absolute Gasteiger partial charge is 0.416 e. The topological polar surface area (TPSA) is 89.2 Å². The van der Waals surface area contributed by atoms with Crippen LogP contribution in [0.4, 0.5) is 18.9 Å². The van der Waals surface area contributed by atoms with Gasteiger partial charge in [0, 0.05) is 36.3 Å². The number of carbonyl (C=O) groups excluding carboxylic acids is 2. The van der Waals surface area contributed by atoms with Gasteiger partial charge in [-0.05, 0) is 65.8 Å². The summed E-state index contributed by atoms with van der Waals surface area (Å²) >= 11 is 0. The van der Waals surface area contributed by atoms with Crippen molar-refractivity contribution in [3.63, 3.8) is 0 Å². The molecule has 12 heteroatoms. The first-order valence-electron chi connectivity index (χ1n) is 14.6. The molecule has 0 saturated heterocycles. The van der Waals surface area contributed by atoms with E-state index in [-0.39, 0.29) is 42.6 Å². The van der Waals surface area contributed by atoms with Crippen LogP contribution in [0.25, 0.3) is 0 Å². The Labute approximate surface area is 251 Å². The van der Waals surface area contributed by atoms with Gasteiger partial charge in [0.25, 0.3) is 5.91 Å². The van der Waals surface area contributed by atoms with E-state index >= 15 is 0 Å². The molecule has 4 heterocycles. The van der Waals surface area contributed by atoms with Gasteiger partial charge in [0.2, 0.25) is 5.91 Å². The van der Waals surface area contributed by atoms with E-state index in [0.717, 1.165) is 48.0 Å². The van der Waals surface area contributed by atoms with Crippen molar-refractivity contribution in [2.24, 2.45) is 13.0 Å². The SMILES string of the molecule is C=CC(=O)N1Cc2cnn(Cc3cc4c(c(C(F)(F)F)c3)CN(c3cccc([C@H](c5nncn5C)C5CCC5)c3)C4=O)c2C1. The zero-order chi connectivity index (χ0) is 30.7. The zero-order valence-corrected chi connectivity index (χ0v) is 24.1. The van der Waals surface area contributed by atoms with E-state index in [1.807, 2.05) is 29.8 Å². The van der Waals surface area contributed by atoms with Crippen LogP contribution in [0.1, 0.15) is 74.9 Å². The van der Waals surface area contributed by atoms with Crippen molar-refractivity contribution < 1.29 is 22.8 Å². The summed E-state index contributed by atoms with van der Waals surface area (Å²) in [5.41, 5.74) is 2.58. The van der Waals surface area contributed by atoms with E-state index in [4.69, 9.17) is 0 Å². The number of benzene rings is 2. The highest BCUT2D eigenvalue weighted by molar-refractivity contribution is 6.10. The Morgan fingerprint density at radius 1 is 1.16 bits per heavy atom. The first kappa shape index (κ1) is 28.1. The molecule has 0 bridgehead atoms. The number of carbonyl (C=O) groups is 2. The van der Waals surface area contributed by atoms with Crippen LogP contribution in [-0.2, 0) is 44.2 Å². The Hall–Kier alpha value is -4.74. The minimum absolute atomic E-state index is 0.0258. The molecule has 3 aliphatic rings. The standard InChI is InChI=1S/C32H30F3N7O2/c1-3-28(43)40-15-22-13-37-42(27(22)17-40)14-19-10-24-25(26(11-19)32(33,34)35)16-41(31(24)44)23-9-5-8-21(12-23)29(20-6-4-7-20)30-38-36-18-39(30)2/h3,5,8-13,18,20,29H,1,4,6-7,14-17H2,2H3/t29-/m1/s1. The van der Waals surface area contributed by atoms with Gasteiger partial charge >= 0.3 is 6.18 Å². The Kier molecular flexibility index (Phi) is 6.67. The summed E-state index contributed by atoms with van der Waals surface area (Å²) < 4.78 is 46.8. The zero-order valence-electron chi connectivity index (χ0n) is 24.1. The first-order valence-corrected chi connectivity index (χ1v) is 14.6. The molecule has 0 N–H and O–H groups in total. The van der Waals surface area contributed by atoms with E-state index in [0.29, 0.717) is 23.7 Å². The molecule has 2 aliphatic heterocycles. The number of anilines is 1. The van der Waals surface area contributed by atoms with E-state index in [2.05, 4.69) is 21.9 Å². The van der Waals surface area contributed by atoms with Crippen LogP contribution in [0.5, 0.6) is 0 Å². The van der Waals surface area contributed by atoms with Gasteiger partial charge in [0.1, 0.15) is 12.2 Å². The smallest absolute Gasteiger partial charge is 0.329 e. The summed E-state index contributed by atoms with van der Waals surface area (Å²) in [7, 11) is 1.90. The molecule has 44 heavy (non-hydrogen) atoms. The van der Waals surface area contributed by atoms with Gasteiger partial charge < -0.3 is 14.4 Å². The van der Waals surface area contributed by atoms with Gasteiger partial charge in [0.15, 0.2) is 0 Å². The molecule has 7 rings (SSSR count). The fourth-order valence-electron chi connectivity index (χ4n) is 6.69. The fraction of sp³-hybridized carbons (Fsp3) is 0.344. The molecule has 0 spiro atoms. The maximum atomic E-state index is 14.4. The van der Waals surface area contributed by atoms with Crippen molar-refractivity contribution in [2.45, 2.75) is 57.5 Å². The van der Waals surface area contributed by atoms with Crippen LogP contribution in [-0.4, -0.2) is 41.3 Å². The van der Waals surface area contributed by atoms with Crippen molar-refractivity contribution in [2.75, 3.05) is 4.90 Å². The number of hydrogen-bond donors (Lipinski definition) is 0. The third kappa shape index (κ3) is 4.68. The van der Waals surface area contributed by atoms with Gasteiger partial charge in [-0.1, -0.05) is 25.1 Å². The quantitative estimate of drug-likeness (QED) is 0.272. The lowest BCUT2D eigenvalue weighted by Crippen LogP contribution is -2.25. The Morgan fingerprint density at radius 2 is 1.98 bits per heavy atom. The fourth-order valence-corrected chi connectivity index (χ4v) is 6.69. The Balaban J connectivity index is 1.21. The van der Waals surface area contributed by atoms with E-state index in [1.165, 1.54) is 11.0 Å². The van der Waals surface area contributed by atoms with Crippen molar-refractivity contribution in [1.29, 1.82) is 0 Å². The maximum absolute atomic E-state index is 14.4. The molecule has 0 radical (unpaired) electrons. The molecule has 1 aliphatic carbocycles. The number of aryl methyl sites for hydroxylation is 1. The van der Waals surface area contributed by atoms with Gasteiger partial charge in [-0.15, -0.1) is 10.2 Å². The number of halogens is 3. The highest BCUT2D eigenvalue weighted by atomic mass is 19.4. The monoisotopic (exact) mass is 601 g/mol. The molecule has 226 valence electrons. The van der Waals surface area contributed by atoms with E-state index < -0.39 is 17.6 Å². The van der Waals surface area contributed by atoms with E-state index in [9.17, 15) is 22.8 Å². The maximum Gasteiger partial charge on any atom is 0.416 e. The number of alkyl halides is 3. The normalized spacial score (nSPS) is 17.0. The average molecular weight is 602 g/mol. The van der Waals surface area contributed by atoms with Crippen LogP contribution < -0.4 is 4.90 Å². The summed E-state index contributed by atoms with van der Waals surface area (Å²) in [6.07, 6.45) is 3.10. The number of amides is 2. The second kappa shape index (κ2) is 10.5. The van der Waals surface area contributed by atoms with Gasteiger partial charge in [-0.3, -0.25) is 14.3 Å². The van der Waals surface area contributed by atoms with Crippen LogP contribution in [0.3, 0.4) is 0 Å². The molecular weight excluding hydrogens is 571 g/mol. The first-order chi connectivity index (χ1) is 21.1. The van der Waals surface area contributed by atoms with Crippen molar-refractivity contribution in [1.82, 2.24) is 29.4 Å². The minimum Gasteiger partial charge on any atom is -0.329 e. The summed E-state index contributed by atoms with van der Waals surface area (Å²) in [4.78, 5) is 28.9. The molecule has 1 saturated carbocycles. The van der Waals surface area contributed by atoms with Gasteiger partial charge in [-0.25, -0.2) is 0 Å². The van der Waals surface area contributed by atoms with Gasteiger partial charge in [0.05, 0.1) is 37.1 Å². The van der Waals surface area contributed by atoms with Crippen LogP contribution in [0.15, 0.2) is 61.6 Å². The molecular formula is C32H30F3N7O2. The second-order valence-electron chi connectivity index (χ2n) is 11.8. The van der Waals surface area contributed by atoms with Crippen molar-refractivity contribution in [3.8, 4) is 0 Å². The summed E-state index contributed by atoms with van der Waals surface area (Å²) in [6.45, 7) is 4.03. The number of rotatable bonds is 7. The lowest BCUT2D eigenvalue weighted by atomic mass is 9.72. The molecule has 2 amide bonds. The second-order valence-corrected chi connectivity index (χ2v) is 11.8. The molecule has 9 nitrogen and oxygen atoms in total. The molecule has 2 aromatic heterocycles. The van der Waals surface area contributed by atoms with Crippen LogP contribution >= 0.6 is 0 Å². The van der Waals surface area contributed by atoms with Crippen LogP contribution in [0, 0.1) is 5.92 Å². The van der Waals surface area contributed by atoms with Crippen molar-refractivity contribution >= 4 is 17.5 Å². The Bertz CT molecular complexity index is 1800. The van der Waals surface area contributed by atoms with Gasteiger partial charge in [-0.2, -0.15) is 18.3 Å².